The number of benzene rings is 2. The van der Waals surface area contributed by atoms with Crippen molar-refractivity contribution in [2.45, 2.75) is 29.9 Å². The smallest absolute Gasteiger partial charge is 0.343 e. The van der Waals surface area contributed by atoms with E-state index in [2.05, 4.69) is 0 Å². The van der Waals surface area contributed by atoms with Crippen LogP contribution in [0.25, 0.3) is 0 Å². The first-order valence-electron chi connectivity index (χ1n) is 6.89. The third-order valence-corrected chi connectivity index (χ3v) is 4.75. The SMILES string of the molecule is COc1c(CO)ccc2c1C(=O)OCc1cc(C)ccc1S2. The maximum absolute atomic E-state index is 12.4. The zero-order valence-electron chi connectivity index (χ0n) is 12.4. The van der Waals surface area contributed by atoms with E-state index < -0.39 is 5.97 Å². The molecule has 0 radical (unpaired) electrons. The average molecular weight is 316 g/mol. The number of hydrogen-bond donors (Lipinski definition) is 1. The molecule has 0 amide bonds. The quantitative estimate of drug-likeness (QED) is 0.861. The fraction of sp³-hybridized carbons (Fsp3) is 0.235. The van der Waals surface area contributed by atoms with Crippen LogP contribution in [0, 0.1) is 6.92 Å². The van der Waals surface area contributed by atoms with E-state index in [4.69, 9.17) is 9.47 Å². The minimum absolute atomic E-state index is 0.190. The Morgan fingerprint density at radius 1 is 1.27 bits per heavy atom. The first kappa shape index (κ1) is 14.9. The van der Waals surface area contributed by atoms with E-state index in [9.17, 15) is 9.90 Å². The number of fused-ring (bicyclic) bond motifs is 2. The molecule has 1 aliphatic rings. The molecule has 0 atom stereocenters. The third-order valence-electron chi connectivity index (χ3n) is 3.57. The highest BCUT2D eigenvalue weighted by atomic mass is 32.2. The minimum Gasteiger partial charge on any atom is -0.495 e. The molecule has 4 nitrogen and oxygen atoms in total. The number of methoxy groups -OCH3 is 1. The molecule has 0 spiro atoms. The van der Waals surface area contributed by atoms with Gasteiger partial charge >= 0.3 is 5.97 Å². The lowest BCUT2D eigenvalue weighted by atomic mass is 10.1. The standard InChI is InChI=1S/C17H16O4S/c1-10-3-5-13-12(7-10)9-21-17(19)15-14(22-13)6-4-11(8-18)16(15)20-2/h3-7,18H,8-9H2,1-2H3. The molecule has 0 aromatic heterocycles. The van der Waals surface area contributed by atoms with Crippen LogP contribution < -0.4 is 4.74 Å². The topological polar surface area (TPSA) is 55.8 Å². The summed E-state index contributed by atoms with van der Waals surface area (Å²) < 4.78 is 10.8. The molecule has 0 unspecified atom stereocenters. The number of cyclic esters (lactones) is 1. The van der Waals surface area contributed by atoms with Gasteiger partial charge in [0.25, 0.3) is 0 Å². The van der Waals surface area contributed by atoms with Crippen molar-refractivity contribution in [1.29, 1.82) is 0 Å². The van der Waals surface area contributed by atoms with Gasteiger partial charge in [-0.3, -0.25) is 0 Å². The van der Waals surface area contributed by atoms with Gasteiger partial charge in [0.05, 0.1) is 13.7 Å². The zero-order valence-corrected chi connectivity index (χ0v) is 13.2. The van der Waals surface area contributed by atoms with Crippen molar-refractivity contribution in [3.8, 4) is 5.75 Å². The second-order valence-electron chi connectivity index (χ2n) is 5.08. The monoisotopic (exact) mass is 316 g/mol. The molecule has 5 heteroatoms. The molecule has 0 bridgehead atoms. The maximum Gasteiger partial charge on any atom is 0.343 e. The Kier molecular flexibility index (Phi) is 4.09. The molecular formula is C17H16O4S. The minimum atomic E-state index is -0.429. The lowest BCUT2D eigenvalue weighted by molar-refractivity contribution is 0.0459. The fourth-order valence-corrected chi connectivity index (χ4v) is 3.53. The number of carbonyl (C=O) groups excluding carboxylic acids is 1. The van der Waals surface area contributed by atoms with Crippen LogP contribution in [0.3, 0.4) is 0 Å². The van der Waals surface area contributed by atoms with Crippen LogP contribution in [0.2, 0.25) is 0 Å². The Balaban J connectivity index is 2.16. The summed E-state index contributed by atoms with van der Waals surface area (Å²) in [4.78, 5) is 14.2. The van der Waals surface area contributed by atoms with Crippen molar-refractivity contribution >= 4 is 17.7 Å². The first-order chi connectivity index (χ1) is 10.6. The average Bonchev–Trinajstić information content (AvgIpc) is 2.52. The van der Waals surface area contributed by atoms with Crippen LogP contribution in [0.5, 0.6) is 5.75 Å². The highest BCUT2D eigenvalue weighted by molar-refractivity contribution is 7.99. The summed E-state index contributed by atoms with van der Waals surface area (Å²) in [6.45, 7) is 2.05. The van der Waals surface area contributed by atoms with Gasteiger partial charge < -0.3 is 14.6 Å². The number of ether oxygens (including phenoxy) is 2. The normalized spacial score (nSPS) is 13.5. The maximum atomic E-state index is 12.4. The summed E-state index contributed by atoms with van der Waals surface area (Å²) in [6, 6.07) is 9.69. The Morgan fingerprint density at radius 3 is 2.77 bits per heavy atom. The van der Waals surface area contributed by atoms with E-state index in [1.807, 2.05) is 31.2 Å². The predicted molar refractivity (Wildman–Crippen MR) is 83.3 cm³/mol. The van der Waals surface area contributed by atoms with Crippen LogP contribution in [0.4, 0.5) is 0 Å². The summed E-state index contributed by atoms with van der Waals surface area (Å²) >= 11 is 1.52. The second kappa shape index (κ2) is 6.02. The number of hydrogen-bond acceptors (Lipinski definition) is 5. The van der Waals surface area contributed by atoms with Gasteiger partial charge in [-0.15, -0.1) is 0 Å². The van der Waals surface area contributed by atoms with Crippen LogP contribution in [-0.4, -0.2) is 18.2 Å². The summed E-state index contributed by atoms with van der Waals surface area (Å²) in [5, 5.41) is 9.41. The molecule has 2 aromatic carbocycles. The number of rotatable bonds is 2. The molecular weight excluding hydrogens is 300 g/mol. The zero-order chi connectivity index (χ0) is 15.7. The molecule has 0 fully saturated rings. The molecule has 114 valence electrons. The van der Waals surface area contributed by atoms with E-state index in [1.165, 1.54) is 18.9 Å². The van der Waals surface area contributed by atoms with Crippen molar-refractivity contribution in [2.75, 3.05) is 7.11 Å². The van der Waals surface area contributed by atoms with Gasteiger partial charge in [-0.2, -0.15) is 0 Å². The Hall–Kier alpha value is -1.98. The lowest BCUT2D eigenvalue weighted by Gasteiger charge is -2.20. The lowest BCUT2D eigenvalue weighted by Crippen LogP contribution is -2.12. The summed E-state index contributed by atoms with van der Waals surface area (Å²) in [5.74, 6) is -0.0464. The Labute approximate surface area is 133 Å². The number of esters is 1. The Bertz CT molecular complexity index is 740. The molecule has 1 N–H and O–H groups in total. The molecule has 3 rings (SSSR count). The van der Waals surface area contributed by atoms with Crippen molar-refractivity contribution in [2.24, 2.45) is 0 Å². The third kappa shape index (κ3) is 2.58. The van der Waals surface area contributed by atoms with Crippen molar-refractivity contribution < 1.29 is 19.4 Å². The number of carbonyl (C=O) groups is 1. The van der Waals surface area contributed by atoms with Gasteiger partial charge in [-0.25, -0.2) is 4.79 Å². The van der Waals surface area contributed by atoms with Crippen LogP contribution >= 0.6 is 11.8 Å². The number of aliphatic hydroxyl groups excluding tert-OH is 1. The largest absolute Gasteiger partial charge is 0.495 e. The van der Waals surface area contributed by atoms with Crippen molar-refractivity contribution in [3.05, 3.63) is 52.6 Å². The van der Waals surface area contributed by atoms with Gasteiger partial charge in [-0.05, 0) is 19.1 Å². The molecule has 1 aliphatic heterocycles. The number of aryl methyl sites for hydroxylation is 1. The van der Waals surface area contributed by atoms with E-state index in [0.29, 0.717) is 16.9 Å². The van der Waals surface area contributed by atoms with Crippen molar-refractivity contribution in [3.63, 3.8) is 0 Å². The van der Waals surface area contributed by atoms with Gasteiger partial charge in [0.1, 0.15) is 17.9 Å². The molecule has 1 heterocycles. The first-order valence-corrected chi connectivity index (χ1v) is 7.71. The summed E-state index contributed by atoms with van der Waals surface area (Å²) in [6.07, 6.45) is 0. The molecule has 22 heavy (non-hydrogen) atoms. The molecule has 0 aliphatic carbocycles. The summed E-state index contributed by atoms with van der Waals surface area (Å²) in [7, 11) is 1.49. The molecule has 0 saturated heterocycles. The molecule has 0 saturated carbocycles. The number of aliphatic hydroxyl groups is 1. The van der Waals surface area contributed by atoms with Gasteiger partial charge in [-0.1, -0.05) is 35.5 Å². The Morgan fingerprint density at radius 2 is 2.05 bits per heavy atom. The van der Waals surface area contributed by atoms with E-state index >= 15 is 0 Å². The van der Waals surface area contributed by atoms with Gasteiger partial charge in [0.15, 0.2) is 0 Å². The highest BCUT2D eigenvalue weighted by Gasteiger charge is 2.25. The van der Waals surface area contributed by atoms with E-state index in [1.54, 1.807) is 6.07 Å². The fourth-order valence-electron chi connectivity index (χ4n) is 2.50. The van der Waals surface area contributed by atoms with E-state index in [0.717, 1.165) is 20.9 Å². The van der Waals surface area contributed by atoms with Crippen LogP contribution in [0.15, 0.2) is 40.1 Å². The highest BCUT2D eigenvalue weighted by Crippen LogP contribution is 2.40. The molecule has 2 aromatic rings. The van der Waals surface area contributed by atoms with Crippen LogP contribution in [-0.2, 0) is 18.0 Å². The van der Waals surface area contributed by atoms with Gasteiger partial charge in [0, 0.05) is 20.9 Å². The predicted octanol–water partition coefficient (Wildman–Crippen LogP) is 3.32. The van der Waals surface area contributed by atoms with E-state index in [-0.39, 0.29) is 13.2 Å². The second-order valence-corrected chi connectivity index (χ2v) is 6.16. The van der Waals surface area contributed by atoms with Gasteiger partial charge in [0.2, 0.25) is 0 Å². The van der Waals surface area contributed by atoms with Crippen molar-refractivity contribution in [1.82, 2.24) is 0 Å². The van der Waals surface area contributed by atoms with Crippen LogP contribution in [0.1, 0.15) is 27.0 Å². The summed E-state index contributed by atoms with van der Waals surface area (Å²) in [5.41, 5.74) is 3.08.